The number of rotatable bonds is 9. The highest BCUT2D eigenvalue weighted by molar-refractivity contribution is 7.89. The first-order valence-electron chi connectivity index (χ1n) is 7.27. The Bertz CT molecular complexity index is 538. The molecule has 0 aromatic carbocycles. The van der Waals surface area contributed by atoms with Crippen LogP contribution in [-0.2, 0) is 16.6 Å². The van der Waals surface area contributed by atoms with E-state index >= 15 is 0 Å². The largest absolute Gasteiger partial charge is 0.464 e. The molecule has 1 rings (SSSR count). The second kappa shape index (κ2) is 7.93. The lowest BCUT2D eigenvalue weighted by Crippen LogP contribution is -2.29. The van der Waals surface area contributed by atoms with Gasteiger partial charge in [-0.05, 0) is 47.2 Å². The molecule has 0 aliphatic heterocycles. The molecular formula is C14H27N3O3S. The van der Waals surface area contributed by atoms with Crippen LogP contribution in [0.25, 0.3) is 0 Å². The molecule has 122 valence electrons. The summed E-state index contributed by atoms with van der Waals surface area (Å²) in [7, 11) is -1.44. The van der Waals surface area contributed by atoms with E-state index in [2.05, 4.69) is 30.5 Å². The van der Waals surface area contributed by atoms with Crippen LogP contribution in [0.1, 0.15) is 38.2 Å². The van der Waals surface area contributed by atoms with E-state index in [9.17, 15) is 8.42 Å². The van der Waals surface area contributed by atoms with Crippen molar-refractivity contribution in [1.29, 1.82) is 0 Å². The van der Waals surface area contributed by atoms with Gasteiger partial charge in [0.15, 0.2) is 0 Å². The minimum atomic E-state index is -3.51. The fourth-order valence-corrected chi connectivity index (χ4v) is 3.20. The Morgan fingerprint density at radius 3 is 2.57 bits per heavy atom. The fraction of sp³-hybridized carbons (Fsp3) is 0.714. The van der Waals surface area contributed by atoms with E-state index in [1.54, 1.807) is 6.92 Å². The Morgan fingerprint density at radius 2 is 2.05 bits per heavy atom. The molecule has 0 atom stereocenters. The molecule has 1 aromatic rings. The second-order valence-electron chi connectivity index (χ2n) is 5.52. The maximum atomic E-state index is 12.2. The minimum Gasteiger partial charge on any atom is -0.464 e. The molecule has 0 aliphatic carbocycles. The Labute approximate surface area is 127 Å². The van der Waals surface area contributed by atoms with Gasteiger partial charge < -0.3 is 15.1 Å². The summed E-state index contributed by atoms with van der Waals surface area (Å²) in [5, 5.41) is 0. The molecule has 21 heavy (non-hydrogen) atoms. The van der Waals surface area contributed by atoms with Crippen molar-refractivity contribution < 1.29 is 12.8 Å². The van der Waals surface area contributed by atoms with Crippen LogP contribution < -0.4 is 10.5 Å². The molecule has 7 heteroatoms. The van der Waals surface area contributed by atoms with Gasteiger partial charge in [0.2, 0.25) is 10.0 Å². The first kappa shape index (κ1) is 18.2. The van der Waals surface area contributed by atoms with Crippen molar-refractivity contribution in [2.75, 3.05) is 20.1 Å². The van der Waals surface area contributed by atoms with Gasteiger partial charge in [0.1, 0.15) is 16.4 Å². The molecule has 0 fully saturated rings. The number of aryl methyl sites for hydroxylation is 1. The third-order valence-corrected chi connectivity index (χ3v) is 5.09. The van der Waals surface area contributed by atoms with Gasteiger partial charge in [-0.3, -0.25) is 0 Å². The van der Waals surface area contributed by atoms with Crippen LogP contribution >= 0.6 is 0 Å². The van der Waals surface area contributed by atoms with Crippen molar-refractivity contribution in [3.05, 3.63) is 17.6 Å². The van der Waals surface area contributed by atoms with Crippen molar-refractivity contribution >= 4 is 10.0 Å². The lowest BCUT2D eigenvalue weighted by Gasteiger charge is -2.20. The summed E-state index contributed by atoms with van der Waals surface area (Å²) in [6, 6.07) is 1.99. The number of hydrogen-bond acceptors (Lipinski definition) is 5. The number of nitrogens with one attached hydrogen (secondary N) is 1. The van der Waals surface area contributed by atoms with Gasteiger partial charge in [-0.25, -0.2) is 13.1 Å². The van der Waals surface area contributed by atoms with Gasteiger partial charge in [-0.1, -0.05) is 0 Å². The van der Waals surface area contributed by atoms with Crippen LogP contribution in [0.15, 0.2) is 15.4 Å². The van der Waals surface area contributed by atoms with Crippen LogP contribution in [0.3, 0.4) is 0 Å². The Morgan fingerprint density at radius 1 is 1.38 bits per heavy atom. The highest BCUT2D eigenvalue weighted by atomic mass is 32.2. The molecule has 3 N–H and O–H groups in total. The highest BCUT2D eigenvalue weighted by Crippen LogP contribution is 2.19. The molecule has 0 saturated carbocycles. The smallest absolute Gasteiger partial charge is 0.244 e. The molecule has 0 spiro atoms. The van der Waals surface area contributed by atoms with Gasteiger partial charge >= 0.3 is 0 Å². The molecular weight excluding hydrogens is 290 g/mol. The monoisotopic (exact) mass is 317 g/mol. The summed E-state index contributed by atoms with van der Waals surface area (Å²) in [4.78, 5) is 2.42. The Balaban J connectivity index is 2.45. The van der Waals surface area contributed by atoms with Gasteiger partial charge in [0, 0.05) is 18.7 Å². The van der Waals surface area contributed by atoms with E-state index in [4.69, 9.17) is 10.2 Å². The Kier molecular flexibility index (Phi) is 6.86. The molecule has 1 heterocycles. The topological polar surface area (TPSA) is 88.6 Å². The molecule has 1 aromatic heterocycles. The quantitative estimate of drug-likeness (QED) is 0.673. The summed E-state index contributed by atoms with van der Waals surface area (Å²) < 4.78 is 32.2. The second-order valence-corrected chi connectivity index (χ2v) is 7.25. The van der Waals surface area contributed by atoms with E-state index in [1.165, 1.54) is 6.07 Å². The van der Waals surface area contributed by atoms with Crippen LogP contribution in [0.5, 0.6) is 0 Å². The van der Waals surface area contributed by atoms with Gasteiger partial charge in [0.25, 0.3) is 0 Å². The van der Waals surface area contributed by atoms with Gasteiger partial charge in [0.05, 0.1) is 6.54 Å². The number of hydrogen-bond donors (Lipinski definition) is 2. The van der Waals surface area contributed by atoms with Crippen LogP contribution in [-0.4, -0.2) is 39.5 Å². The van der Waals surface area contributed by atoms with Crippen molar-refractivity contribution in [2.45, 2.75) is 51.1 Å². The van der Waals surface area contributed by atoms with Crippen molar-refractivity contribution in [2.24, 2.45) is 5.73 Å². The molecule has 0 aliphatic rings. The van der Waals surface area contributed by atoms with E-state index < -0.39 is 10.0 Å². The van der Waals surface area contributed by atoms with Gasteiger partial charge in [-0.15, -0.1) is 0 Å². The normalized spacial score (nSPS) is 12.5. The maximum absolute atomic E-state index is 12.2. The average Bonchev–Trinajstić information content (AvgIpc) is 2.80. The van der Waals surface area contributed by atoms with Crippen molar-refractivity contribution in [3.8, 4) is 0 Å². The zero-order chi connectivity index (χ0) is 16.0. The summed E-state index contributed by atoms with van der Waals surface area (Å²) in [5.41, 5.74) is 5.45. The number of furan rings is 1. The highest BCUT2D eigenvalue weighted by Gasteiger charge is 2.20. The first-order valence-corrected chi connectivity index (χ1v) is 8.75. The minimum absolute atomic E-state index is 0.183. The fourth-order valence-electron chi connectivity index (χ4n) is 1.92. The number of nitrogens with two attached hydrogens (primary N) is 1. The third-order valence-electron chi connectivity index (χ3n) is 3.53. The first-order chi connectivity index (χ1) is 9.77. The van der Waals surface area contributed by atoms with Crippen molar-refractivity contribution in [1.82, 2.24) is 9.62 Å². The number of unbranched alkanes of at least 4 members (excludes halogenated alkanes) is 1. The zero-order valence-corrected chi connectivity index (χ0v) is 14.2. The molecule has 0 amide bonds. The maximum Gasteiger partial charge on any atom is 0.244 e. The van der Waals surface area contributed by atoms with E-state index in [1.807, 2.05) is 0 Å². The molecule has 0 saturated heterocycles. The standard InChI is InChI=1S/C14H27N3O3S/c1-11(2)17(4)8-6-5-7-16-21(18,19)14-9-13(10-15)20-12(14)3/h9,11,16H,5-8,10,15H2,1-4H3. The molecule has 0 bridgehead atoms. The zero-order valence-electron chi connectivity index (χ0n) is 13.3. The number of sulfonamides is 1. The van der Waals surface area contributed by atoms with Crippen LogP contribution in [0.4, 0.5) is 0 Å². The number of nitrogens with zero attached hydrogens (tertiary/aromatic N) is 1. The predicted molar refractivity (Wildman–Crippen MR) is 83.5 cm³/mol. The van der Waals surface area contributed by atoms with E-state index in [0.29, 0.717) is 24.1 Å². The van der Waals surface area contributed by atoms with Crippen LogP contribution in [0, 0.1) is 6.92 Å². The molecule has 0 radical (unpaired) electrons. The summed E-state index contributed by atoms with van der Waals surface area (Å²) in [6.45, 7) is 7.49. The Hall–Kier alpha value is -0.890. The third kappa shape index (κ3) is 5.43. The lowest BCUT2D eigenvalue weighted by atomic mass is 10.2. The van der Waals surface area contributed by atoms with Crippen molar-refractivity contribution in [3.63, 3.8) is 0 Å². The SMILES string of the molecule is Cc1oc(CN)cc1S(=O)(=O)NCCCCN(C)C(C)C. The average molecular weight is 317 g/mol. The lowest BCUT2D eigenvalue weighted by molar-refractivity contribution is 0.268. The van der Waals surface area contributed by atoms with E-state index in [0.717, 1.165) is 19.4 Å². The molecule has 6 nitrogen and oxygen atoms in total. The summed E-state index contributed by atoms with van der Waals surface area (Å²) in [6.07, 6.45) is 1.76. The predicted octanol–water partition coefficient (Wildman–Crippen LogP) is 1.45. The van der Waals surface area contributed by atoms with Crippen LogP contribution in [0.2, 0.25) is 0 Å². The molecule has 0 unspecified atom stereocenters. The van der Waals surface area contributed by atoms with Gasteiger partial charge in [-0.2, -0.15) is 0 Å². The summed E-state index contributed by atoms with van der Waals surface area (Å²) >= 11 is 0. The summed E-state index contributed by atoms with van der Waals surface area (Å²) in [5.74, 6) is 0.855. The van der Waals surface area contributed by atoms with E-state index in [-0.39, 0.29) is 11.4 Å².